The van der Waals surface area contributed by atoms with Crippen LogP contribution >= 0.6 is 34.4 Å². The van der Waals surface area contributed by atoms with Gasteiger partial charge in [0, 0.05) is 22.4 Å². The fourth-order valence-electron chi connectivity index (χ4n) is 2.96. The molecule has 0 aliphatic carbocycles. The summed E-state index contributed by atoms with van der Waals surface area (Å²) >= 11 is 3.82. The molecule has 11 heteroatoms. The number of amides is 1. The van der Waals surface area contributed by atoms with E-state index in [1.165, 1.54) is 27.2 Å². The Balaban J connectivity index is 1.61. The van der Waals surface area contributed by atoms with Gasteiger partial charge in [-0.3, -0.25) is 14.2 Å². The highest BCUT2D eigenvalue weighted by Crippen LogP contribution is 2.34. The minimum Gasteiger partial charge on any atom is -0.323 e. The van der Waals surface area contributed by atoms with Crippen molar-refractivity contribution >= 4 is 56.2 Å². The van der Waals surface area contributed by atoms with Crippen LogP contribution in [0.3, 0.4) is 0 Å². The van der Waals surface area contributed by atoms with Crippen molar-refractivity contribution in [3.05, 3.63) is 75.5 Å². The standard InChI is InChI=1S/C21H14F3N3O2S3/c1-2-7-27-20(29)16-11(14-4-3-8-30-14)9-31-19(16)26-21(27)32-10-15(28)25-13-6-5-12(22)17(23)18(13)24/h2-6,8-9H,1,7,10H2,(H,25,28). The van der Waals surface area contributed by atoms with Crippen molar-refractivity contribution in [3.8, 4) is 10.4 Å². The number of aromatic nitrogens is 2. The van der Waals surface area contributed by atoms with Gasteiger partial charge < -0.3 is 5.32 Å². The first-order valence-corrected chi connectivity index (χ1v) is 11.9. The number of rotatable bonds is 7. The molecular weight excluding hydrogens is 479 g/mol. The Morgan fingerprint density at radius 2 is 2.03 bits per heavy atom. The summed E-state index contributed by atoms with van der Waals surface area (Å²) in [5.74, 6) is -5.38. The Morgan fingerprint density at radius 1 is 1.22 bits per heavy atom. The smallest absolute Gasteiger partial charge is 0.263 e. The fourth-order valence-corrected chi connectivity index (χ4v) is 5.57. The van der Waals surface area contributed by atoms with Gasteiger partial charge in [0.1, 0.15) is 4.83 Å². The van der Waals surface area contributed by atoms with Crippen molar-refractivity contribution in [3.63, 3.8) is 0 Å². The first kappa shape index (κ1) is 22.3. The van der Waals surface area contributed by atoms with Crippen molar-refractivity contribution in [2.24, 2.45) is 0 Å². The monoisotopic (exact) mass is 493 g/mol. The molecule has 0 aliphatic rings. The van der Waals surface area contributed by atoms with Crippen LogP contribution in [-0.4, -0.2) is 21.2 Å². The number of anilines is 1. The Morgan fingerprint density at radius 3 is 2.75 bits per heavy atom. The molecule has 0 saturated heterocycles. The molecule has 4 aromatic rings. The van der Waals surface area contributed by atoms with E-state index in [-0.39, 0.29) is 17.9 Å². The molecule has 5 nitrogen and oxygen atoms in total. The van der Waals surface area contributed by atoms with E-state index in [1.54, 1.807) is 6.08 Å². The van der Waals surface area contributed by atoms with Gasteiger partial charge in [0.2, 0.25) is 5.91 Å². The molecule has 0 aliphatic heterocycles. The second kappa shape index (κ2) is 9.31. The van der Waals surface area contributed by atoms with Crippen LogP contribution in [0.2, 0.25) is 0 Å². The zero-order valence-electron chi connectivity index (χ0n) is 16.2. The van der Waals surface area contributed by atoms with Gasteiger partial charge in [-0.15, -0.1) is 29.3 Å². The summed E-state index contributed by atoms with van der Waals surface area (Å²) < 4.78 is 41.6. The molecule has 32 heavy (non-hydrogen) atoms. The molecule has 1 N–H and O–H groups in total. The summed E-state index contributed by atoms with van der Waals surface area (Å²) in [5.41, 5.74) is 0.0766. The minimum atomic E-state index is -1.67. The number of halogens is 3. The maximum Gasteiger partial charge on any atom is 0.263 e. The van der Waals surface area contributed by atoms with Gasteiger partial charge in [0.15, 0.2) is 22.6 Å². The van der Waals surface area contributed by atoms with Crippen molar-refractivity contribution in [1.29, 1.82) is 0 Å². The average molecular weight is 494 g/mol. The zero-order chi connectivity index (χ0) is 22.8. The predicted octanol–water partition coefficient (Wildman–Crippen LogP) is 5.52. The van der Waals surface area contributed by atoms with Crippen LogP contribution in [0.15, 0.2) is 57.6 Å². The van der Waals surface area contributed by atoms with Gasteiger partial charge in [0.25, 0.3) is 5.56 Å². The maximum absolute atomic E-state index is 13.8. The van der Waals surface area contributed by atoms with E-state index in [4.69, 9.17) is 0 Å². The molecule has 4 rings (SSSR count). The summed E-state index contributed by atoms with van der Waals surface area (Å²) in [6, 6.07) is 5.48. The number of benzene rings is 1. The summed E-state index contributed by atoms with van der Waals surface area (Å²) in [6.07, 6.45) is 1.55. The van der Waals surface area contributed by atoms with E-state index in [0.29, 0.717) is 15.4 Å². The molecule has 3 aromatic heterocycles. The normalized spacial score (nSPS) is 11.1. The number of hydrogen-bond donors (Lipinski definition) is 1. The third kappa shape index (κ3) is 4.23. The lowest BCUT2D eigenvalue weighted by Gasteiger charge is -2.11. The minimum absolute atomic E-state index is 0.184. The van der Waals surface area contributed by atoms with Crippen molar-refractivity contribution in [2.75, 3.05) is 11.1 Å². The SMILES string of the molecule is C=CCn1c(SCC(=O)Nc2ccc(F)c(F)c2F)nc2scc(-c3cccs3)c2c1=O. The highest BCUT2D eigenvalue weighted by molar-refractivity contribution is 7.99. The first-order valence-electron chi connectivity index (χ1n) is 9.13. The summed E-state index contributed by atoms with van der Waals surface area (Å²) in [6.45, 7) is 3.86. The highest BCUT2D eigenvalue weighted by Gasteiger charge is 2.19. The fraction of sp³-hybridized carbons (Fsp3) is 0.0952. The third-order valence-electron chi connectivity index (χ3n) is 4.40. The van der Waals surface area contributed by atoms with E-state index >= 15 is 0 Å². The van der Waals surface area contributed by atoms with Crippen LogP contribution in [0.25, 0.3) is 20.7 Å². The quantitative estimate of drug-likeness (QED) is 0.159. The van der Waals surface area contributed by atoms with Crippen LogP contribution in [0.1, 0.15) is 0 Å². The van der Waals surface area contributed by atoms with Gasteiger partial charge in [-0.1, -0.05) is 23.9 Å². The molecule has 0 atom stereocenters. The van der Waals surface area contributed by atoms with E-state index in [2.05, 4.69) is 16.9 Å². The van der Waals surface area contributed by atoms with E-state index < -0.39 is 29.0 Å². The van der Waals surface area contributed by atoms with Crippen LogP contribution < -0.4 is 10.9 Å². The third-order valence-corrected chi connectivity index (χ3v) is 7.15. The molecule has 0 spiro atoms. The highest BCUT2D eigenvalue weighted by atomic mass is 32.2. The summed E-state index contributed by atoms with van der Waals surface area (Å²) in [7, 11) is 0. The van der Waals surface area contributed by atoms with Crippen molar-refractivity contribution < 1.29 is 18.0 Å². The summed E-state index contributed by atoms with van der Waals surface area (Å²) in [5, 5.41) is 6.79. The first-order chi connectivity index (χ1) is 15.4. The molecule has 3 heterocycles. The lowest BCUT2D eigenvalue weighted by Crippen LogP contribution is -2.23. The predicted molar refractivity (Wildman–Crippen MR) is 123 cm³/mol. The second-order valence-corrected chi connectivity index (χ2v) is 9.21. The van der Waals surface area contributed by atoms with Crippen LogP contribution in [0.4, 0.5) is 18.9 Å². The van der Waals surface area contributed by atoms with Gasteiger partial charge >= 0.3 is 0 Å². The molecule has 0 saturated carbocycles. The molecule has 1 aromatic carbocycles. The lowest BCUT2D eigenvalue weighted by atomic mass is 10.2. The Labute approximate surface area is 192 Å². The van der Waals surface area contributed by atoms with Crippen LogP contribution in [0.5, 0.6) is 0 Å². The molecule has 0 fully saturated rings. The van der Waals surface area contributed by atoms with Gasteiger partial charge in [0.05, 0.1) is 16.8 Å². The van der Waals surface area contributed by atoms with Gasteiger partial charge in [-0.2, -0.15) is 0 Å². The van der Waals surface area contributed by atoms with Crippen LogP contribution in [0, 0.1) is 17.5 Å². The Kier molecular flexibility index (Phi) is 6.49. The average Bonchev–Trinajstić information content (AvgIpc) is 3.45. The van der Waals surface area contributed by atoms with Gasteiger partial charge in [-0.25, -0.2) is 18.2 Å². The molecular formula is C21H14F3N3O2S3. The van der Waals surface area contributed by atoms with E-state index in [0.717, 1.165) is 34.3 Å². The number of fused-ring (bicyclic) bond motifs is 1. The second-order valence-electron chi connectivity index (χ2n) is 6.47. The largest absolute Gasteiger partial charge is 0.323 e. The van der Waals surface area contributed by atoms with Crippen molar-refractivity contribution in [2.45, 2.75) is 11.7 Å². The summed E-state index contributed by atoms with van der Waals surface area (Å²) in [4.78, 5) is 31.5. The van der Waals surface area contributed by atoms with E-state index in [9.17, 15) is 22.8 Å². The van der Waals surface area contributed by atoms with Crippen molar-refractivity contribution in [1.82, 2.24) is 9.55 Å². The Bertz CT molecular complexity index is 1380. The number of thiophene rings is 2. The number of nitrogens with one attached hydrogen (secondary N) is 1. The molecule has 0 bridgehead atoms. The molecule has 0 unspecified atom stereocenters. The number of thioether (sulfide) groups is 1. The van der Waals surface area contributed by atoms with Gasteiger partial charge in [-0.05, 0) is 23.6 Å². The molecule has 164 valence electrons. The lowest BCUT2D eigenvalue weighted by molar-refractivity contribution is -0.113. The zero-order valence-corrected chi connectivity index (χ0v) is 18.7. The molecule has 1 amide bonds. The topological polar surface area (TPSA) is 64.0 Å². The van der Waals surface area contributed by atoms with E-state index in [1.807, 2.05) is 22.9 Å². The maximum atomic E-state index is 13.8. The number of nitrogens with zero attached hydrogens (tertiary/aromatic N) is 2. The molecule has 0 radical (unpaired) electrons. The Hall–Kier alpha value is -2.89. The number of carbonyl (C=O) groups is 1. The number of allylic oxidation sites excluding steroid dienone is 1. The van der Waals surface area contributed by atoms with Crippen LogP contribution in [-0.2, 0) is 11.3 Å². The number of hydrogen-bond acceptors (Lipinski definition) is 6. The number of carbonyl (C=O) groups excluding carboxylic acids is 1.